The second-order valence-electron chi connectivity index (χ2n) is 7.49. The minimum Gasteiger partial charge on any atom is -0.0996 e. The summed E-state index contributed by atoms with van der Waals surface area (Å²) in [7, 11) is 0. The minimum atomic E-state index is 0.591. The van der Waals surface area contributed by atoms with E-state index in [1.807, 2.05) is 0 Å². The van der Waals surface area contributed by atoms with Crippen LogP contribution < -0.4 is 0 Å². The van der Waals surface area contributed by atoms with Crippen molar-refractivity contribution in [3.8, 4) is 0 Å². The summed E-state index contributed by atoms with van der Waals surface area (Å²) in [6, 6.07) is 0. The van der Waals surface area contributed by atoms with Gasteiger partial charge in [0.2, 0.25) is 0 Å². The molecule has 0 heteroatoms. The first-order chi connectivity index (χ1) is 6.91. The summed E-state index contributed by atoms with van der Waals surface area (Å²) in [5.74, 6) is 2.87. The predicted molar refractivity (Wildman–Crippen MR) is 64.6 cm³/mol. The average Bonchev–Trinajstić information content (AvgIpc) is 2.58. The van der Waals surface area contributed by atoms with E-state index < -0.39 is 0 Å². The molecule has 3 aliphatic carbocycles. The fourth-order valence-corrected chi connectivity index (χ4v) is 5.41. The Labute approximate surface area is 94.1 Å². The second kappa shape index (κ2) is 2.70. The maximum atomic E-state index is 4.34. The van der Waals surface area contributed by atoms with Gasteiger partial charge in [0.25, 0.3) is 0 Å². The van der Waals surface area contributed by atoms with Crippen LogP contribution in [0.5, 0.6) is 0 Å². The molecule has 84 valence electrons. The van der Waals surface area contributed by atoms with Crippen LogP contribution in [-0.4, -0.2) is 0 Å². The third kappa shape index (κ3) is 1.26. The van der Waals surface area contributed by atoms with E-state index in [1.54, 1.807) is 5.57 Å². The van der Waals surface area contributed by atoms with E-state index in [4.69, 9.17) is 0 Å². The zero-order chi connectivity index (χ0) is 10.8. The molecule has 0 nitrogen and oxygen atoms in total. The van der Waals surface area contributed by atoms with Gasteiger partial charge in [0.15, 0.2) is 0 Å². The van der Waals surface area contributed by atoms with Gasteiger partial charge in [0.05, 0.1) is 0 Å². The lowest BCUT2D eigenvalue weighted by molar-refractivity contribution is 0.240. The topological polar surface area (TPSA) is 0 Å². The van der Waals surface area contributed by atoms with Crippen molar-refractivity contribution >= 4 is 0 Å². The van der Waals surface area contributed by atoms with E-state index in [1.165, 1.54) is 32.1 Å². The van der Waals surface area contributed by atoms with Gasteiger partial charge in [0, 0.05) is 0 Å². The van der Waals surface area contributed by atoms with Gasteiger partial charge in [-0.1, -0.05) is 32.9 Å². The van der Waals surface area contributed by atoms with Crippen LogP contribution >= 0.6 is 0 Å². The Morgan fingerprint density at radius 3 is 2.67 bits per heavy atom. The van der Waals surface area contributed by atoms with Crippen molar-refractivity contribution in [3.63, 3.8) is 0 Å². The molecule has 4 atom stereocenters. The smallest absolute Gasteiger partial charge is 0.0143 e. The molecule has 4 unspecified atom stereocenters. The highest BCUT2D eigenvalue weighted by Crippen LogP contribution is 2.68. The third-order valence-electron chi connectivity index (χ3n) is 5.53. The maximum Gasteiger partial charge on any atom is -0.0143 e. The normalized spacial score (nSPS) is 51.9. The zero-order valence-corrected chi connectivity index (χ0v) is 10.5. The molecule has 0 aliphatic heterocycles. The van der Waals surface area contributed by atoms with Crippen LogP contribution in [0.25, 0.3) is 0 Å². The van der Waals surface area contributed by atoms with E-state index in [9.17, 15) is 0 Å². The molecule has 15 heavy (non-hydrogen) atoms. The summed E-state index contributed by atoms with van der Waals surface area (Å²) in [6.07, 6.45) is 7.15. The highest BCUT2D eigenvalue weighted by molar-refractivity contribution is 5.20. The molecule has 0 aromatic carbocycles. The number of hydrogen-bond acceptors (Lipinski definition) is 0. The van der Waals surface area contributed by atoms with Crippen molar-refractivity contribution in [1.82, 2.24) is 0 Å². The van der Waals surface area contributed by atoms with Crippen molar-refractivity contribution in [2.24, 2.45) is 28.6 Å². The Morgan fingerprint density at radius 2 is 1.93 bits per heavy atom. The first-order valence-corrected chi connectivity index (χ1v) is 6.59. The monoisotopic (exact) mass is 204 g/mol. The first-order valence-electron chi connectivity index (χ1n) is 6.59. The Morgan fingerprint density at radius 1 is 1.20 bits per heavy atom. The summed E-state index contributed by atoms with van der Waals surface area (Å²) in [6.45, 7) is 11.8. The van der Waals surface area contributed by atoms with Gasteiger partial charge in [-0.25, -0.2) is 0 Å². The van der Waals surface area contributed by atoms with Crippen molar-refractivity contribution in [2.45, 2.75) is 52.9 Å². The van der Waals surface area contributed by atoms with Gasteiger partial charge in [-0.3, -0.25) is 0 Å². The lowest BCUT2D eigenvalue weighted by Crippen LogP contribution is -2.19. The highest BCUT2D eigenvalue weighted by Gasteiger charge is 2.59. The van der Waals surface area contributed by atoms with Crippen LogP contribution in [0.2, 0.25) is 0 Å². The molecule has 0 amide bonds. The SMILES string of the molecule is C=C1CCC2CC3(C)CC(C)(C)CC3C12. The fourth-order valence-electron chi connectivity index (χ4n) is 5.41. The van der Waals surface area contributed by atoms with Gasteiger partial charge >= 0.3 is 0 Å². The number of fused-ring (bicyclic) bond motifs is 3. The lowest BCUT2D eigenvalue weighted by Gasteiger charge is -2.27. The van der Waals surface area contributed by atoms with E-state index >= 15 is 0 Å². The average molecular weight is 204 g/mol. The van der Waals surface area contributed by atoms with Crippen LogP contribution in [0, 0.1) is 28.6 Å². The molecular weight excluding hydrogens is 180 g/mol. The quantitative estimate of drug-likeness (QED) is 0.513. The predicted octanol–water partition coefficient (Wildman–Crippen LogP) is 4.42. The third-order valence-corrected chi connectivity index (χ3v) is 5.53. The summed E-state index contributed by atoms with van der Waals surface area (Å²) in [5, 5.41) is 0. The van der Waals surface area contributed by atoms with Crippen molar-refractivity contribution < 1.29 is 0 Å². The summed E-state index contributed by atoms with van der Waals surface area (Å²) in [4.78, 5) is 0. The van der Waals surface area contributed by atoms with E-state index in [2.05, 4.69) is 27.4 Å². The van der Waals surface area contributed by atoms with Gasteiger partial charge < -0.3 is 0 Å². The van der Waals surface area contributed by atoms with Gasteiger partial charge in [-0.05, 0) is 60.7 Å². The molecule has 3 aliphatic rings. The van der Waals surface area contributed by atoms with Crippen LogP contribution in [0.3, 0.4) is 0 Å². The lowest BCUT2D eigenvalue weighted by atomic mass is 9.78. The fraction of sp³-hybridized carbons (Fsp3) is 0.867. The second-order valence-corrected chi connectivity index (χ2v) is 7.49. The molecule has 0 heterocycles. The molecule has 0 spiro atoms. The minimum absolute atomic E-state index is 0.591. The van der Waals surface area contributed by atoms with E-state index in [-0.39, 0.29) is 0 Å². The largest absolute Gasteiger partial charge is 0.0996 e. The highest BCUT2D eigenvalue weighted by atomic mass is 14.6. The van der Waals surface area contributed by atoms with Crippen molar-refractivity contribution in [2.75, 3.05) is 0 Å². The zero-order valence-electron chi connectivity index (χ0n) is 10.5. The van der Waals surface area contributed by atoms with Crippen LogP contribution in [-0.2, 0) is 0 Å². The van der Waals surface area contributed by atoms with Crippen LogP contribution in [0.1, 0.15) is 52.9 Å². The molecule has 0 aromatic rings. The van der Waals surface area contributed by atoms with E-state index in [0.29, 0.717) is 10.8 Å². The Hall–Kier alpha value is -0.260. The Kier molecular flexibility index (Phi) is 1.79. The first kappa shape index (κ1) is 9.93. The number of allylic oxidation sites excluding steroid dienone is 1. The van der Waals surface area contributed by atoms with Crippen LogP contribution in [0.15, 0.2) is 12.2 Å². The molecule has 0 radical (unpaired) electrons. The Bertz CT molecular complexity index is 312. The standard InChI is InChI=1S/C15H24/c1-10-5-6-11-7-15(4)9-14(2,3)8-12(15)13(10)11/h11-13H,1,5-9H2,2-4H3. The van der Waals surface area contributed by atoms with Crippen molar-refractivity contribution in [3.05, 3.63) is 12.2 Å². The number of rotatable bonds is 0. The van der Waals surface area contributed by atoms with Crippen molar-refractivity contribution in [1.29, 1.82) is 0 Å². The van der Waals surface area contributed by atoms with Gasteiger partial charge in [-0.15, -0.1) is 0 Å². The molecule has 0 N–H and O–H groups in total. The molecule has 3 saturated carbocycles. The van der Waals surface area contributed by atoms with E-state index in [0.717, 1.165) is 17.8 Å². The van der Waals surface area contributed by atoms with Gasteiger partial charge in [-0.2, -0.15) is 0 Å². The molecule has 3 rings (SSSR count). The molecule has 3 fully saturated rings. The summed E-state index contributed by atoms with van der Waals surface area (Å²) < 4.78 is 0. The van der Waals surface area contributed by atoms with Crippen LogP contribution in [0.4, 0.5) is 0 Å². The van der Waals surface area contributed by atoms with Gasteiger partial charge in [0.1, 0.15) is 0 Å². The summed E-state index contributed by atoms with van der Waals surface area (Å²) >= 11 is 0. The maximum absolute atomic E-state index is 4.34. The molecular formula is C15H24. The molecule has 0 aromatic heterocycles. The summed E-state index contributed by atoms with van der Waals surface area (Å²) in [5.41, 5.74) is 2.83. The number of hydrogen-bond donors (Lipinski definition) is 0. The Balaban J connectivity index is 1.94. The molecule has 0 saturated heterocycles. The molecule has 0 bridgehead atoms.